The average Bonchev–Trinajstić information content (AvgIpc) is 2.30. The highest BCUT2D eigenvalue weighted by Crippen LogP contribution is 2.15. The SMILES string of the molecule is CCCCCC(C)Cc1ccc(C#N)cc1. The van der Waals surface area contributed by atoms with E-state index in [0.717, 1.165) is 17.9 Å². The highest BCUT2D eigenvalue weighted by molar-refractivity contribution is 5.31. The third kappa shape index (κ3) is 4.49. The van der Waals surface area contributed by atoms with Crippen LogP contribution in [0.2, 0.25) is 0 Å². The summed E-state index contributed by atoms with van der Waals surface area (Å²) in [5, 5.41) is 8.70. The molecule has 0 bridgehead atoms. The van der Waals surface area contributed by atoms with Gasteiger partial charge in [0, 0.05) is 0 Å². The lowest BCUT2D eigenvalue weighted by Crippen LogP contribution is -1.99. The lowest BCUT2D eigenvalue weighted by Gasteiger charge is -2.10. The summed E-state index contributed by atoms with van der Waals surface area (Å²) in [6.07, 6.45) is 6.43. The van der Waals surface area contributed by atoms with Gasteiger partial charge in [0.2, 0.25) is 0 Å². The standard InChI is InChI=1S/C15H21N/c1-3-4-5-6-13(2)11-14-7-9-15(12-16)10-8-14/h7-10,13H,3-6,11H2,1-2H3. The zero-order chi connectivity index (χ0) is 11.8. The van der Waals surface area contributed by atoms with Crippen LogP contribution in [0.1, 0.15) is 50.7 Å². The molecule has 0 aliphatic carbocycles. The molecule has 1 rings (SSSR count). The Morgan fingerprint density at radius 2 is 1.88 bits per heavy atom. The van der Waals surface area contributed by atoms with Crippen LogP contribution < -0.4 is 0 Å². The summed E-state index contributed by atoms with van der Waals surface area (Å²) in [6, 6.07) is 10.1. The van der Waals surface area contributed by atoms with Gasteiger partial charge in [0.25, 0.3) is 0 Å². The van der Waals surface area contributed by atoms with Crippen LogP contribution >= 0.6 is 0 Å². The zero-order valence-electron chi connectivity index (χ0n) is 10.4. The van der Waals surface area contributed by atoms with Crippen molar-refractivity contribution in [1.29, 1.82) is 5.26 Å². The first-order valence-corrected chi connectivity index (χ1v) is 6.25. The Bertz CT molecular complexity index is 331. The molecule has 0 aliphatic rings. The average molecular weight is 215 g/mol. The molecular weight excluding hydrogens is 194 g/mol. The van der Waals surface area contributed by atoms with Crippen LogP contribution in [0, 0.1) is 17.2 Å². The topological polar surface area (TPSA) is 23.8 Å². The number of hydrogen-bond acceptors (Lipinski definition) is 1. The second kappa shape index (κ2) is 7.06. The maximum absolute atomic E-state index is 8.70. The first-order valence-electron chi connectivity index (χ1n) is 6.25. The van der Waals surface area contributed by atoms with Crippen molar-refractivity contribution in [1.82, 2.24) is 0 Å². The van der Waals surface area contributed by atoms with Gasteiger partial charge in [-0.15, -0.1) is 0 Å². The zero-order valence-corrected chi connectivity index (χ0v) is 10.4. The van der Waals surface area contributed by atoms with E-state index in [2.05, 4.69) is 32.0 Å². The maximum atomic E-state index is 8.70. The van der Waals surface area contributed by atoms with E-state index in [1.165, 1.54) is 31.2 Å². The number of nitriles is 1. The molecule has 1 unspecified atom stereocenters. The Hall–Kier alpha value is -1.29. The third-order valence-corrected chi connectivity index (χ3v) is 2.97. The Labute approximate surface area is 99.1 Å². The number of unbranched alkanes of at least 4 members (excludes halogenated alkanes) is 2. The molecule has 0 heterocycles. The molecule has 0 aliphatic heterocycles. The fourth-order valence-electron chi connectivity index (χ4n) is 1.96. The minimum Gasteiger partial charge on any atom is -0.192 e. The minimum absolute atomic E-state index is 0.750. The quantitative estimate of drug-likeness (QED) is 0.648. The van der Waals surface area contributed by atoms with Crippen molar-refractivity contribution in [2.75, 3.05) is 0 Å². The van der Waals surface area contributed by atoms with E-state index in [0.29, 0.717) is 0 Å². The molecule has 0 saturated carbocycles. The van der Waals surface area contributed by atoms with Gasteiger partial charge in [-0.2, -0.15) is 5.26 Å². The molecule has 1 atom stereocenters. The minimum atomic E-state index is 0.750. The van der Waals surface area contributed by atoms with E-state index in [9.17, 15) is 0 Å². The van der Waals surface area contributed by atoms with Gasteiger partial charge in [0.1, 0.15) is 0 Å². The van der Waals surface area contributed by atoms with E-state index >= 15 is 0 Å². The number of benzene rings is 1. The molecule has 0 amide bonds. The van der Waals surface area contributed by atoms with Crippen LogP contribution in [0.25, 0.3) is 0 Å². The van der Waals surface area contributed by atoms with Gasteiger partial charge in [-0.3, -0.25) is 0 Å². The molecule has 1 heteroatoms. The van der Waals surface area contributed by atoms with E-state index in [-0.39, 0.29) is 0 Å². The Morgan fingerprint density at radius 1 is 1.19 bits per heavy atom. The lowest BCUT2D eigenvalue weighted by molar-refractivity contribution is 0.493. The van der Waals surface area contributed by atoms with Gasteiger partial charge in [-0.05, 0) is 30.0 Å². The summed E-state index contributed by atoms with van der Waals surface area (Å²) in [5.41, 5.74) is 2.10. The normalized spacial score (nSPS) is 12.1. The molecule has 86 valence electrons. The second-order valence-corrected chi connectivity index (χ2v) is 4.61. The summed E-state index contributed by atoms with van der Waals surface area (Å²) in [4.78, 5) is 0. The van der Waals surface area contributed by atoms with Gasteiger partial charge < -0.3 is 0 Å². The first-order chi connectivity index (χ1) is 7.76. The molecule has 1 aromatic rings. The van der Waals surface area contributed by atoms with Crippen molar-refractivity contribution >= 4 is 0 Å². The van der Waals surface area contributed by atoms with Crippen molar-refractivity contribution in [2.45, 2.75) is 46.0 Å². The van der Waals surface area contributed by atoms with Crippen LogP contribution in [-0.4, -0.2) is 0 Å². The predicted molar refractivity (Wildman–Crippen MR) is 68.2 cm³/mol. The van der Waals surface area contributed by atoms with E-state index < -0.39 is 0 Å². The predicted octanol–water partition coefficient (Wildman–Crippen LogP) is 4.32. The van der Waals surface area contributed by atoms with Crippen LogP contribution in [0.5, 0.6) is 0 Å². The Balaban J connectivity index is 2.38. The van der Waals surface area contributed by atoms with Gasteiger partial charge >= 0.3 is 0 Å². The molecule has 1 aromatic carbocycles. The van der Waals surface area contributed by atoms with Crippen molar-refractivity contribution < 1.29 is 0 Å². The van der Waals surface area contributed by atoms with Gasteiger partial charge in [-0.25, -0.2) is 0 Å². The van der Waals surface area contributed by atoms with Crippen molar-refractivity contribution in [3.05, 3.63) is 35.4 Å². The first kappa shape index (κ1) is 12.8. The molecule has 0 saturated heterocycles. The maximum Gasteiger partial charge on any atom is 0.0991 e. The summed E-state index contributed by atoms with van der Waals surface area (Å²) < 4.78 is 0. The van der Waals surface area contributed by atoms with Crippen molar-refractivity contribution in [2.24, 2.45) is 5.92 Å². The highest BCUT2D eigenvalue weighted by Gasteiger charge is 2.03. The van der Waals surface area contributed by atoms with Gasteiger partial charge in [0.05, 0.1) is 11.6 Å². The van der Waals surface area contributed by atoms with E-state index in [4.69, 9.17) is 5.26 Å². The molecule has 0 fully saturated rings. The number of rotatable bonds is 6. The molecule has 0 N–H and O–H groups in total. The molecule has 16 heavy (non-hydrogen) atoms. The van der Waals surface area contributed by atoms with Crippen LogP contribution in [0.4, 0.5) is 0 Å². The Morgan fingerprint density at radius 3 is 2.44 bits per heavy atom. The van der Waals surface area contributed by atoms with Crippen LogP contribution in [0.3, 0.4) is 0 Å². The molecule has 0 spiro atoms. The fraction of sp³-hybridized carbons (Fsp3) is 0.533. The summed E-state index contributed by atoms with van der Waals surface area (Å²) in [5.74, 6) is 0.750. The van der Waals surface area contributed by atoms with Crippen LogP contribution in [0.15, 0.2) is 24.3 Å². The summed E-state index contributed by atoms with van der Waals surface area (Å²) in [7, 11) is 0. The molecule has 1 nitrogen and oxygen atoms in total. The van der Waals surface area contributed by atoms with E-state index in [1.807, 2.05) is 12.1 Å². The van der Waals surface area contributed by atoms with Gasteiger partial charge in [-0.1, -0.05) is 51.7 Å². The van der Waals surface area contributed by atoms with E-state index in [1.54, 1.807) is 0 Å². The third-order valence-electron chi connectivity index (χ3n) is 2.97. The number of hydrogen-bond donors (Lipinski definition) is 0. The van der Waals surface area contributed by atoms with Crippen LogP contribution in [-0.2, 0) is 6.42 Å². The summed E-state index contributed by atoms with van der Waals surface area (Å²) in [6.45, 7) is 4.55. The molecule has 0 radical (unpaired) electrons. The van der Waals surface area contributed by atoms with Gasteiger partial charge in [0.15, 0.2) is 0 Å². The largest absolute Gasteiger partial charge is 0.192 e. The monoisotopic (exact) mass is 215 g/mol. The van der Waals surface area contributed by atoms with Crippen molar-refractivity contribution in [3.63, 3.8) is 0 Å². The lowest BCUT2D eigenvalue weighted by atomic mass is 9.95. The smallest absolute Gasteiger partial charge is 0.0991 e. The summed E-state index contributed by atoms with van der Waals surface area (Å²) >= 11 is 0. The molecular formula is C15H21N. The second-order valence-electron chi connectivity index (χ2n) is 4.61. The number of nitrogens with zero attached hydrogens (tertiary/aromatic N) is 1. The molecule has 0 aromatic heterocycles. The fourth-order valence-corrected chi connectivity index (χ4v) is 1.96. The van der Waals surface area contributed by atoms with Crippen molar-refractivity contribution in [3.8, 4) is 6.07 Å². The highest BCUT2D eigenvalue weighted by atomic mass is 14.2. The Kier molecular flexibility index (Phi) is 5.64.